The highest BCUT2D eigenvalue weighted by Gasteiger charge is 2.33. The number of nitrogens with zero attached hydrogens (tertiary/aromatic N) is 3. The number of anilines is 1. The normalized spacial score (nSPS) is 21.7. The zero-order chi connectivity index (χ0) is 23.0. The molecule has 172 valence electrons. The molecule has 0 radical (unpaired) electrons. The van der Waals surface area contributed by atoms with E-state index in [1.807, 2.05) is 50.9 Å². The van der Waals surface area contributed by atoms with Crippen LogP contribution < -0.4 is 10.6 Å². The van der Waals surface area contributed by atoms with Gasteiger partial charge in [0.25, 0.3) is 0 Å². The summed E-state index contributed by atoms with van der Waals surface area (Å²) in [5.41, 5.74) is 2.02. The fraction of sp³-hybridized carbons (Fsp3) is 0.565. The molecule has 1 aromatic carbocycles. The van der Waals surface area contributed by atoms with Crippen LogP contribution in [-0.4, -0.2) is 57.3 Å². The van der Waals surface area contributed by atoms with E-state index < -0.39 is 11.5 Å². The third-order valence-electron chi connectivity index (χ3n) is 6.00. The first-order valence-electron chi connectivity index (χ1n) is 11.2. The van der Waals surface area contributed by atoms with Crippen LogP contribution in [0.4, 0.5) is 10.5 Å². The first-order valence-corrected chi connectivity index (χ1v) is 11.2. The van der Waals surface area contributed by atoms with Gasteiger partial charge in [-0.25, -0.2) is 4.79 Å². The summed E-state index contributed by atoms with van der Waals surface area (Å²) in [6, 6.07) is 6.01. The number of aromatic nitrogens is 2. The van der Waals surface area contributed by atoms with Gasteiger partial charge >= 0.3 is 6.09 Å². The van der Waals surface area contributed by atoms with Crippen molar-refractivity contribution < 1.29 is 19.1 Å². The Morgan fingerprint density at radius 2 is 2.06 bits per heavy atom. The molecule has 3 amide bonds. The maximum Gasteiger partial charge on any atom is 0.410 e. The van der Waals surface area contributed by atoms with Crippen molar-refractivity contribution in [3.63, 3.8) is 0 Å². The Bertz CT molecular complexity index is 1050. The number of hydrogen-bond donors (Lipinski definition) is 2. The molecule has 0 aliphatic carbocycles. The number of aryl methyl sites for hydroxylation is 1. The number of carbonyl (C=O) groups excluding carboxylic acids is 3. The minimum atomic E-state index is -0.511. The van der Waals surface area contributed by atoms with Crippen molar-refractivity contribution in [2.45, 2.75) is 64.0 Å². The van der Waals surface area contributed by atoms with Crippen LogP contribution in [0, 0.1) is 0 Å². The third-order valence-corrected chi connectivity index (χ3v) is 6.00. The van der Waals surface area contributed by atoms with Crippen molar-refractivity contribution >= 4 is 34.5 Å². The maximum atomic E-state index is 12.5. The number of nitrogens with one attached hydrogen (secondary N) is 2. The Labute approximate surface area is 187 Å². The van der Waals surface area contributed by atoms with Crippen molar-refractivity contribution in [2.24, 2.45) is 7.05 Å². The summed E-state index contributed by atoms with van der Waals surface area (Å²) in [6.07, 6.45) is 2.42. The molecule has 3 heterocycles. The number of rotatable bonds is 4. The topological polar surface area (TPSA) is 106 Å². The van der Waals surface area contributed by atoms with E-state index in [0.29, 0.717) is 31.6 Å². The fourth-order valence-electron chi connectivity index (χ4n) is 4.45. The van der Waals surface area contributed by atoms with E-state index in [-0.39, 0.29) is 23.9 Å². The Morgan fingerprint density at radius 1 is 1.28 bits per heavy atom. The van der Waals surface area contributed by atoms with Crippen molar-refractivity contribution in [2.75, 3.05) is 18.4 Å². The molecule has 0 bridgehead atoms. The third kappa shape index (κ3) is 4.56. The van der Waals surface area contributed by atoms with Gasteiger partial charge in [0.1, 0.15) is 5.60 Å². The standard InChI is InChI=1S/C23H31N5O4/c1-23(2,3)32-22(31)28-11-5-6-15(28)13-24-14-7-8-16-18(12-14)27(4)26-20(16)17-9-10-19(29)25-21(17)30/h7-8,12,15,17,24H,5-6,9-11,13H2,1-4H3,(H,25,29,30)/t15-,17?/m0/s1. The van der Waals surface area contributed by atoms with Gasteiger partial charge in [0, 0.05) is 37.6 Å². The van der Waals surface area contributed by atoms with Crippen molar-refractivity contribution in [1.82, 2.24) is 20.0 Å². The van der Waals surface area contributed by atoms with E-state index in [1.165, 1.54) is 0 Å². The summed E-state index contributed by atoms with van der Waals surface area (Å²) in [5, 5.41) is 11.3. The predicted molar refractivity (Wildman–Crippen MR) is 120 cm³/mol. The number of piperidine rings is 1. The van der Waals surface area contributed by atoms with Gasteiger partial charge < -0.3 is 15.0 Å². The molecular formula is C23H31N5O4. The Hall–Kier alpha value is -3.10. The lowest BCUT2D eigenvalue weighted by atomic mass is 9.93. The van der Waals surface area contributed by atoms with Crippen LogP contribution in [0.5, 0.6) is 0 Å². The van der Waals surface area contributed by atoms with Crippen molar-refractivity contribution in [1.29, 1.82) is 0 Å². The number of imide groups is 1. The quantitative estimate of drug-likeness (QED) is 0.707. The van der Waals surface area contributed by atoms with Crippen molar-refractivity contribution in [3.8, 4) is 0 Å². The number of carbonyl (C=O) groups is 3. The zero-order valence-corrected chi connectivity index (χ0v) is 19.1. The summed E-state index contributed by atoms with van der Waals surface area (Å²) >= 11 is 0. The summed E-state index contributed by atoms with van der Waals surface area (Å²) in [5.74, 6) is -0.937. The van der Waals surface area contributed by atoms with E-state index in [9.17, 15) is 14.4 Å². The number of fused-ring (bicyclic) bond motifs is 1. The molecule has 9 nitrogen and oxygen atoms in total. The van der Waals surface area contributed by atoms with Gasteiger partial charge in [-0.2, -0.15) is 5.10 Å². The lowest BCUT2D eigenvalue weighted by Crippen LogP contribution is -2.42. The van der Waals surface area contributed by atoms with Crippen LogP contribution in [0.1, 0.15) is 58.1 Å². The van der Waals surface area contributed by atoms with Gasteiger partial charge in [-0.05, 0) is 58.2 Å². The van der Waals surface area contributed by atoms with E-state index in [2.05, 4.69) is 15.7 Å². The second-order valence-electron chi connectivity index (χ2n) is 9.60. The van der Waals surface area contributed by atoms with Crippen LogP contribution in [0.3, 0.4) is 0 Å². The maximum absolute atomic E-state index is 12.5. The van der Waals surface area contributed by atoms with Crippen LogP contribution in [-0.2, 0) is 21.4 Å². The Kier molecular flexibility index (Phi) is 5.83. The van der Waals surface area contributed by atoms with Crippen molar-refractivity contribution in [3.05, 3.63) is 23.9 Å². The molecule has 32 heavy (non-hydrogen) atoms. The van der Waals surface area contributed by atoms with E-state index >= 15 is 0 Å². The fourth-order valence-corrected chi connectivity index (χ4v) is 4.45. The molecule has 2 fully saturated rings. The average molecular weight is 442 g/mol. The monoisotopic (exact) mass is 441 g/mol. The number of benzene rings is 1. The highest BCUT2D eigenvalue weighted by atomic mass is 16.6. The Morgan fingerprint density at radius 3 is 2.78 bits per heavy atom. The number of hydrogen-bond acceptors (Lipinski definition) is 6. The molecule has 9 heteroatoms. The lowest BCUT2D eigenvalue weighted by molar-refractivity contribution is -0.134. The second-order valence-corrected chi connectivity index (χ2v) is 9.60. The van der Waals surface area contributed by atoms with Crippen LogP contribution >= 0.6 is 0 Å². The van der Waals surface area contributed by atoms with Crippen LogP contribution in [0.2, 0.25) is 0 Å². The molecular weight excluding hydrogens is 410 g/mol. The molecule has 2 N–H and O–H groups in total. The van der Waals surface area contributed by atoms with E-state index in [4.69, 9.17) is 4.74 Å². The average Bonchev–Trinajstić information content (AvgIpc) is 3.30. The molecule has 1 unspecified atom stereocenters. The molecule has 2 atom stereocenters. The SMILES string of the molecule is Cn1nc(C2CCC(=O)NC2=O)c2ccc(NC[C@@H]3CCCN3C(=O)OC(C)(C)C)cc21. The first-order chi connectivity index (χ1) is 15.1. The zero-order valence-electron chi connectivity index (χ0n) is 19.1. The van der Waals surface area contributed by atoms with E-state index in [0.717, 1.165) is 29.4 Å². The van der Waals surface area contributed by atoms with Gasteiger partial charge in [0.2, 0.25) is 11.8 Å². The number of likely N-dealkylation sites (tertiary alicyclic amines) is 1. The second kappa shape index (κ2) is 8.44. The van der Waals surface area contributed by atoms with Gasteiger partial charge in [-0.15, -0.1) is 0 Å². The molecule has 1 aromatic heterocycles. The van der Waals surface area contributed by atoms with Gasteiger partial charge in [-0.3, -0.25) is 19.6 Å². The highest BCUT2D eigenvalue weighted by molar-refractivity contribution is 6.02. The molecule has 2 aliphatic rings. The van der Waals surface area contributed by atoms with Crippen LogP contribution in [0.15, 0.2) is 18.2 Å². The molecule has 4 rings (SSSR count). The minimum absolute atomic E-state index is 0.0751. The van der Waals surface area contributed by atoms with Gasteiger partial charge in [0.15, 0.2) is 0 Å². The largest absolute Gasteiger partial charge is 0.444 e. The van der Waals surface area contributed by atoms with Crippen LogP contribution in [0.25, 0.3) is 10.9 Å². The minimum Gasteiger partial charge on any atom is -0.444 e. The molecule has 2 saturated heterocycles. The van der Waals surface area contributed by atoms with Gasteiger partial charge in [-0.1, -0.05) is 0 Å². The summed E-state index contributed by atoms with van der Waals surface area (Å²) in [4.78, 5) is 38.1. The Balaban J connectivity index is 1.47. The van der Waals surface area contributed by atoms with E-state index in [1.54, 1.807) is 4.68 Å². The highest BCUT2D eigenvalue weighted by Crippen LogP contribution is 2.31. The number of amides is 3. The molecule has 0 spiro atoms. The molecule has 2 aliphatic heterocycles. The molecule has 2 aromatic rings. The summed E-state index contributed by atoms with van der Waals surface area (Å²) < 4.78 is 7.31. The predicted octanol–water partition coefficient (Wildman–Crippen LogP) is 2.90. The summed E-state index contributed by atoms with van der Waals surface area (Å²) in [6.45, 7) is 6.96. The lowest BCUT2D eigenvalue weighted by Gasteiger charge is -2.29. The smallest absolute Gasteiger partial charge is 0.410 e. The first kappa shape index (κ1) is 22.1. The molecule has 0 saturated carbocycles. The number of ether oxygens (including phenoxy) is 1. The summed E-state index contributed by atoms with van der Waals surface area (Å²) in [7, 11) is 1.85. The van der Waals surface area contributed by atoms with Gasteiger partial charge in [0.05, 0.1) is 23.2 Å².